The lowest BCUT2D eigenvalue weighted by molar-refractivity contribution is -0.119. The summed E-state index contributed by atoms with van der Waals surface area (Å²) in [6, 6.07) is 12.3. The summed E-state index contributed by atoms with van der Waals surface area (Å²) >= 11 is 0. The number of benzene rings is 2. The van der Waals surface area contributed by atoms with Gasteiger partial charge in [0.05, 0.1) is 10.6 Å². The topological polar surface area (TPSA) is 66.5 Å². The van der Waals surface area contributed by atoms with Gasteiger partial charge in [0.25, 0.3) is 10.0 Å². The van der Waals surface area contributed by atoms with E-state index in [1.807, 2.05) is 32.9 Å². The number of sulfonamides is 1. The van der Waals surface area contributed by atoms with Crippen molar-refractivity contribution in [1.29, 1.82) is 0 Å². The highest BCUT2D eigenvalue weighted by Crippen LogP contribution is 2.27. The van der Waals surface area contributed by atoms with E-state index in [2.05, 4.69) is 19.2 Å². The van der Waals surface area contributed by atoms with E-state index in [9.17, 15) is 13.2 Å². The minimum atomic E-state index is -3.89. The fourth-order valence-electron chi connectivity index (χ4n) is 3.61. The summed E-state index contributed by atoms with van der Waals surface area (Å²) in [7, 11) is -3.89. The number of anilines is 1. The van der Waals surface area contributed by atoms with Gasteiger partial charge >= 0.3 is 0 Å². The Morgan fingerprint density at radius 1 is 1.00 bits per heavy atom. The van der Waals surface area contributed by atoms with Crippen LogP contribution in [0.2, 0.25) is 0 Å². The van der Waals surface area contributed by atoms with Crippen LogP contribution in [-0.2, 0) is 14.8 Å². The van der Waals surface area contributed by atoms with Crippen molar-refractivity contribution in [1.82, 2.24) is 5.32 Å². The number of carbonyl (C=O) groups excluding carboxylic acids is 1. The third-order valence-electron chi connectivity index (χ3n) is 5.65. The molecule has 0 fully saturated rings. The summed E-state index contributed by atoms with van der Waals surface area (Å²) in [6.45, 7) is 10.3. The van der Waals surface area contributed by atoms with E-state index in [4.69, 9.17) is 0 Å². The second-order valence-corrected chi connectivity index (χ2v) is 10.2. The van der Waals surface area contributed by atoms with Gasteiger partial charge in [0, 0.05) is 6.54 Å². The highest BCUT2D eigenvalue weighted by molar-refractivity contribution is 7.92. The highest BCUT2D eigenvalue weighted by atomic mass is 32.2. The maximum absolute atomic E-state index is 13.5. The number of amides is 1. The van der Waals surface area contributed by atoms with Gasteiger partial charge in [0.2, 0.25) is 5.91 Å². The Morgan fingerprint density at radius 3 is 2.23 bits per heavy atom. The Hall–Kier alpha value is -2.34. The number of rotatable bonds is 11. The van der Waals surface area contributed by atoms with Gasteiger partial charge in [-0.2, -0.15) is 0 Å². The Balaban J connectivity index is 2.30. The van der Waals surface area contributed by atoms with Gasteiger partial charge in [-0.25, -0.2) is 8.42 Å². The smallest absolute Gasteiger partial charge is 0.264 e. The lowest BCUT2D eigenvalue weighted by Crippen LogP contribution is -2.42. The van der Waals surface area contributed by atoms with E-state index >= 15 is 0 Å². The zero-order chi connectivity index (χ0) is 23.0. The largest absolute Gasteiger partial charge is 0.354 e. The fraction of sp³-hybridized carbons (Fsp3) is 0.480. The van der Waals surface area contributed by atoms with Crippen LogP contribution < -0.4 is 9.62 Å². The van der Waals surface area contributed by atoms with Gasteiger partial charge in [0.1, 0.15) is 6.54 Å². The van der Waals surface area contributed by atoms with Crippen LogP contribution >= 0.6 is 0 Å². The molecule has 2 aromatic rings. The lowest BCUT2D eigenvalue weighted by atomic mass is 9.99. The summed E-state index contributed by atoms with van der Waals surface area (Å²) in [5, 5.41) is 2.96. The van der Waals surface area contributed by atoms with Crippen LogP contribution in [0, 0.1) is 26.7 Å². The van der Waals surface area contributed by atoms with Crippen LogP contribution in [0.4, 0.5) is 5.69 Å². The molecule has 0 heterocycles. The second-order valence-electron chi connectivity index (χ2n) is 8.34. The molecule has 31 heavy (non-hydrogen) atoms. The third kappa shape index (κ3) is 6.82. The molecule has 0 spiro atoms. The molecule has 2 aromatic carbocycles. The summed E-state index contributed by atoms with van der Waals surface area (Å²) in [5.41, 5.74) is 3.37. The van der Waals surface area contributed by atoms with Gasteiger partial charge < -0.3 is 5.32 Å². The number of nitrogens with one attached hydrogen (secondary N) is 1. The van der Waals surface area contributed by atoms with Crippen LogP contribution in [0.1, 0.15) is 56.2 Å². The van der Waals surface area contributed by atoms with E-state index in [0.717, 1.165) is 42.4 Å². The number of carbonyl (C=O) groups is 1. The highest BCUT2D eigenvalue weighted by Gasteiger charge is 2.28. The maximum Gasteiger partial charge on any atom is 0.264 e. The first kappa shape index (κ1) is 24.9. The zero-order valence-corrected chi connectivity index (χ0v) is 20.3. The van der Waals surface area contributed by atoms with Crippen molar-refractivity contribution >= 4 is 21.6 Å². The van der Waals surface area contributed by atoms with Crippen LogP contribution in [0.5, 0.6) is 0 Å². The van der Waals surface area contributed by atoms with Gasteiger partial charge in [0.15, 0.2) is 0 Å². The van der Waals surface area contributed by atoms with E-state index in [1.54, 1.807) is 30.3 Å². The second kappa shape index (κ2) is 11.3. The first-order chi connectivity index (χ1) is 14.7. The summed E-state index contributed by atoms with van der Waals surface area (Å²) in [5.74, 6) is 0.123. The number of hydrogen-bond acceptors (Lipinski definition) is 3. The van der Waals surface area contributed by atoms with E-state index in [0.29, 0.717) is 18.2 Å². The molecule has 1 atom stereocenters. The van der Waals surface area contributed by atoms with Crippen LogP contribution in [0.25, 0.3) is 0 Å². The molecule has 0 bridgehead atoms. The van der Waals surface area contributed by atoms with Crippen molar-refractivity contribution in [2.24, 2.45) is 5.92 Å². The minimum Gasteiger partial charge on any atom is -0.354 e. The number of nitrogens with zero attached hydrogens (tertiary/aromatic N) is 1. The molecule has 0 saturated heterocycles. The molecule has 170 valence electrons. The van der Waals surface area contributed by atoms with Crippen molar-refractivity contribution in [3.63, 3.8) is 0 Å². The normalized spacial score (nSPS) is 12.4. The van der Waals surface area contributed by atoms with Crippen LogP contribution in [0.15, 0.2) is 47.4 Å². The van der Waals surface area contributed by atoms with Crippen LogP contribution in [-0.4, -0.2) is 27.4 Å². The molecular formula is C25H36N2O3S. The Morgan fingerprint density at radius 2 is 1.65 bits per heavy atom. The summed E-state index contributed by atoms with van der Waals surface area (Å²) in [6.07, 6.45) is 4.31. The Labute approximate surface area is 187 Å². The molecule has 0 aliphatic carbocycles. The van der Waals surface area contributed by atoms with E-state index < -0.39 is 10.0 Å². The predicted octanol–water partition coefficient (Wildman–Crippen LogP) is 5.14. The molecule has 1 unspecified atom stereocenters. The molecule has 0 aliphatic rings. The third-order valence-corrected chi connectivity index (χ3v) is 7.42. The van der Waals surface area contributed by atoms with E-state index in [-0.39, 0.29) is 17.3 Å². The zero-order valence-electron chi connectivity index (χ0n) is 19.4. The molecule has 2 rings (SSSR count). The molecule has 0 aromatic heterocycles. The molecule has 1 N–H and O–H groups in total. The van der Waals surface area contributed by atoms with Gasteiger partial charge in [-0.3, -0.25) is 9.10 Å². The van der Waals surface area contributed by atoms with E-state index in [1.165, 1.54) is 4.31 Å². The van der Waals surface area contributed by atoms with Crippen molar-refractivity contribution in [3.05, 3.63) is 59.2 Å². The molecule has 1 amide bonds. The molecule has 0 aliphatic heterocycles. The average Bonchev–Trinajstić information content (AvgIpc) is 2.73. The average molecular weight is 445 g/mol. The number of aryl methyl sites for hydroxylation is 3. The molecular weight excluding hydrogens is 408 g/mol. The van der Waals surface area contributed by atoms with Gasteiger partial charge in [-0.1, -0.05) is 68.5 Å². The van der Waals surface area contributed by atoms with Gasteiger partial charge in [-0.05, 0) is 56.9 Å². The standard InChI is InChI=1S/C25H36N2O3S/c1-6-8-9-22(7-2)17-26-25(28)18-27(24-15-12-20(4)16-21(24)5)31(29,30)23-13-10-19(3)11-14-23/h10-16,22H,6-9,17-18H2,1-5H3,(H,26,28). The monoisotopic (exact) mass is 444 g/mol. The summed E-state index contributed by atoms with van der Waals surface area (Å²) in [4.78, 5) is 13.0. The Kier molecular flexibility index (Phi) is 9.11. The molecule has 5 nitrogen and oxygen atoms in total. The summed E-state index contributed by atoms with van der Waals surface area (Å²) < 4.78 is 28.2. The molecule has 0 saturated carbocycles. The van der Waals surface area contributed by atoms with Crippen LogP contribution in [0.3, 0.4) is 0 Å². The quantitative estimate of drug-likeness (QED) is 0.522. The van der Waals surface area contributed by atoms with Crippen molar-refractivity contribution < 1.29 is 13.2 Å². The Bertz CT molecular complexity index is 969. The van der Waals surface area contributed by atoms with Crippen molar-refractivity contribution in [2.45, 2.75) is 65.2 Å². The first-order valence-corrected chi connectivity index (χ1v) is 12.6. The predicted molar refractivity (Wildman–Crippen MR) is 128 cm³/mol. The van der Waals surface area contributed by atoms with Gasteiger partial charge in [-0.15, -0.1) is 0 Å². The minimum absolute atomic E-state index is 0.181. The first-order valence-electron chi connectivity index (χ1n) is 11.1. The number of unbranched alkanes of at least 4 members (excludes halogenated alkanes) is 1. The number of hydrogen-bond donors (Lipinski definition) is 1. The molecule has 6 heteroatoms. The van der Waals surface area contributed by atoms with Crippen molar-refractivity contribution in [3.8, 4) is 0 Å². The maximum atomic E-state index is 13.5. The molecule has 0 radical (unpaired) electrons. The lowest BCUT2D eigenvalue weighted by Gasteiger charge is -2.26. The SMILES string of the molecule is CCCCC(CC)CNC(=O)CN(c1ccc(C)cc1C)S(=O)(=O)c1ccc(C)cc1. The fourth-order valence-corrected chi connectivity index (χ4v) is 5.10. The van der Waals surface area contributed by atoms with Crippen molar-refractivity contribution in [2.75, 3.05) is 17.4 Å².